The maximum absolute atomic E-state index is 9.99. The van der Waals surface area contributed by atoms with Gasteiger partial charge in [-0.15, -0.1) is 0 Å². The van der Waals surface area contributed by atoms with Crippen molar-refractivity contribution in [3.05, 3.63) is 0 Å². The van der Waals surface area contributed by atoms with Crippen molar-refractivity contribution < 1.29 is 37.3 Å². The predicted molar refractivity (Wildman–Crippen MR) is 62.4 cm³/mol. The SMILES string of the molecule is N[C@@H](CCC(=O)O)C(=O)O.O=S(=O)(O)O.[MgH2].[NaH]. The van der Waals surface area contributed by atoms with E-state index in [1.54, 1.807) is 0 Å². The minimum atomic E-state index is -4.67. The van der Waals surface area contributed by atoms with E-state index in [0.29, 0.717) is 0 Å². The Kier molecular flexibility index (Phi) is 20.0. The molecular weight excluding hydrogens is 281 g/mol. The average Bonchev–Trinajstić information content (AvgIpc) is 1.96. The van der Waals surface area contributed by atoms with Gasteiger partial charge in [0.1, 0.15) is 6.04 Å². The van der Waals surface area contributed by atoms with Gasteiger partial charge in [-0.05, 0) is 6.42 Å². The topological polar surface area (TPSA) is 175 Å². The van der Waals surface area contributed by atoms with Gasteiger partial charge in [-0.2, -0.15) is 8.42 Å². The fourth-order valence-electron chi connectivity index (χ4n) is 0.402. The van der Waals surface area contributed by atoms with E-state index in [1.807, 2.05) is 0 Å². The molecule has 0 bridgehead atoms. The van der Waals surface area contributed by atoms with Crippen molar-refractivity contribution in [3.63, 3.8) is 0 Å². The molecule has 0 aromatic rings. The number of carboxylic acids is 2. The molecule has 0 aliphatic heterocycles. The molecule has 0 aliphatic rings. The van der Waals surface area contributed by atoms with E-state index in [9.17, 15) is 9.59 Å². The van der Waals surface area contributed by atoms with Crippen molar-refractivity contribution in [2.24, 2.45) is 5.73 Å². The number of aliphatic carboxylic acids is 2. The summed E-state index contributed by atoms with van der Waals surface area (Å²) in [6, 6.07) is -1.06. The molecule has 0 aromatic carbocycles. The van der Waals surface area contributed by atoms with Gasteiger partial charge in [-0.3, -0.25) is 18.7 Å². The normalized spacial score (nSPS) is 10.8. The summed E-state index contributed by atoms with van der Waals surface area (Å²) in [5.41, 5.74) is 5.00. The number of rotatable bonds is 4. The van der Waals surface area contributed by atoms with E-state index in [2.05, 4.69) is 0 Å². The summed E-state index contributed by atoms with van der Waals surface area (Å²) in [6.07, 6.45) is -0.224. The van der Waals surface area contributed by atoms with Gasteiger partial charge >= 0.3 is 74.9 Å². The molecule has 0 unspecified atom stereocenters. The molecule has 0 aliphatic carbocycles. The van der Waals surface area contributed by atoms with Crippen LogP contribution in [0.2, 0.25) is 0 Å². The Labute approximate surface area is 136 Å². The third-order valence-corrected chi connectivity index (χ3v) is 0.986. The Bertz CT molecular complexity index is 312. The fraction of sp³-hybridized carbons (Fsp3) is 0.600. The molecule has 17 heavy (non-hydrogen) atoms. The Hall–Kier alpha value is 0.536. The third-order valence-electron chi connectivity index (χ3n) is 0.986. The summed E-state index contributed by atoms with van der Waals surface area (Å²) >= 11 is 0. The van der Waals surface area contributed by atoms with E-state index >= 15 is 0 Å². The van der Waals surface area contributed by atoms with Crippen molar-refractivity contribution in [2.75, 3.05) is 0 Å². The molecule has 0 fully saturated rings. The summed E-state index contributed by atoms with van der Waals surface area (Å²) in [7, 11) is -4.67. The molecule has 9 nitrogen and oxygen atoms in total. The molecule has 0 heterocycles. The summed E-state index contributed by atoms with van der Waals surface area (Å²) in [5, 5.41) is 16.3. The zero-order valence-electron chi connectivity index (χ0n) is 7.40. The van der Waals surface area contributed by atoms with Crippen LogP contribution in [0.25, 0.3) is 0 Å². The van der Waals surface area contributed by atoms with Crippen molar-refractivity contribution in [3.8, 4) is 0 Å². The number of hydrogen-bond acceptors (Lipinski definition) is 5. The summed E-state index contributed by atoms with van der Waals surface area (Å²) in [4.78, 5) is 19.9. The molecular formula is C5H14MgNNaO8S. The monoisotopic (exact) mass is 295 g/mol. The van der Waals surface area contributed by atoms with Crippen molar-refractivity contribution in [1.82, 2.24) is 0 Å². The number of hydrogen-bond donors (Lipinski definition) is 5. The van der Waals surface area contributed by atoms with E-state index in [4.69, 9.17) is 33.5 Å². The maximum atomic E-state index is 9.99. The van der Waals surface area contributed by atoms with Crippen LogP contribution in [0.4, 0.5) is 0 Å². The second kappa shape index (κ2) is 13.0. The van der Waals surface area contributed by atoms with Crippen LogP contribution >= 0.6 is 0 Å². The van der Waals surface area contributed by atoms with Gasteiger partial charge in [0.2, 0.25) is 0 Å². The molecule has 1 atom stereocenters. The molecule has 0 saturated heterocycles. The van der Waals surface area contributed by atoms with Gasteiger partial charge in [0.15, 0.2) is 0 Å². The van der Waals surface area contributed by atoms with E-state index in [1.165, 1.54) is 0 Å². The van der Waals surface area contributed by atoms with Crippen LogP contribution in [0, 0.1) is 0 Å². The van der Waals surface area contributed by atoms with Gasteiger partial charge < -0.3 is 15.9 Å². The standard InChI is InChI=1S/C5H9NO4.Mg.Na.H2O4S.3H/c6-3(5(9)10)1-2-4(7)8;;;1-5(2,3)4;;;/h3H,1-2,6H2,(H,7,8)(H,9,10);;;(H2,1,2,3,4);;;/t3-;;;;;;/m0....../s1. The molecule has 0 rings (SSSR count). The third kappa shape index (κ3) is 38.4. The molecule has 0 spiro atoms. The second-order valence-corrected chi connectivity index (χ2v) is 3.22. The zero-order valence-corrected chi connectivity index (χ0v) is 8.22. The van der Waals surface area contributed by atoms with Crippen LogP contribution in [0.5, 0.6) is 0 Å². The zero-order chi connectivity index (χ0) is 12.6. The first-order valence-corrected chi connectivity index (χ1v) is 4.83. The molecule has 96 valence electrons. The summed E-state index contributed by atoms with van der Waals surface area (Å²) < 4.78 is 31.6. The van der Waals surface area contributed by atoms with Crippen LogP contribution in [0.15, 0.2) is 0 Å². The molecule has 6 N–H and O–H groups in total. The molecule has 0 saturated carbocycles. The molecule has 12 heteroatoms. The summed E-state index contributed by atoms with van der Waals surface area (Å²) in [6.45, 7) is 0. The van der Waals surface area contributed by atoms with E-state index < -0.39 is 28.4 Å². The van der Waals surface area contributed by atoms with Crippen molar-refractivity contribution in [1.29, 1.82) is 0 Å². The second-order valence-electron chi connectivity index (χ2n) is 2.32. The van der Waals surface area contributed by atoms with Crippen LogP contribution in [0.1, 0.15) is 12.8 Å². The van der Waals surface area contributed by atoms with Crippen LogP contribution in [0.3, 0.4) is 0 Å². The number of carboxylic acid groups (broad SMARTS) is 2. The molecule has 0 amide bonds. The fourth-order valence-corrected chi connectivity index (χ4v) is 0.402. The van der Waals surface area contributed by atoms with E-state index in [0.717, 1.165) is 0 Å². The first kappa shape index (κ1) is 26.2. The van der Waals surface area contributed by atoms with Gasteiger partial charge in [-0.1, -0.05) is 0 Å². The quantitative estimate of drug-likeness (QED) is 0.268. The van der Waals surface area contributed by atoms with Gasteiger partial charge in [-0.25, -0.2) is 0 Å². The van der Waals surface area contributed by atoms with Gasteiger partial charge in [0, 0.05) is 6.42 Å². The molecule has 0 radical (unpaired) electrons. The first-order chi connectivity index (χ1) is 6.54. The number of carbonyl (C=O) groups is 2. The minimum absolute atomic E-state index is 0. The Morgan fingerprint density at radius 3 is 1.65 bits per heavy atom. The van der Waals surface area contributed by atoms with Crippen LogP contribution in [-0.2, 0) is 20.0 Å². The predicted octanol–water partition coefficient (Wildman–Crippen LogP) is -2.95. The Balaban J connectivity index is -0.000000105. The van der Waals surface area contributed by atoms with Crippen LogP contribution in [-0.4, -0.2) is 98.3 Å². The average molecular weight is 296 g/mol. The van der Waals surface area contributed by atoms with Crippen molar-refractivity contribution >= 4 is 74.9 Å². The Morgan fingerprint density at radius 2 is 1.47 bits per heavy atom. The first-order valence-electron chi connectivity index (χ1n) is 3.44. The van der Waals surface area contributed by atoms with E-state index in [-0.39, 0.29) is 65.5 Å². The van der Waals surface area contributed by atoms with Gasteiger partial charge in [0.05, 0.1) is 0 Å². The van der Waals surface area contributed by atoms with Crippen LogP contribution < -0.4 is 5.73 Å². The van der Waals surface area contributed by atoms with Gasteiger partial charge in [0.25, 0.3) is 0 Å². The summed E-state index contributed by atoms with van der Waals surface area (Å²) in [5.74, 6) is -2.20. The Morgan fingerprint density at radius 1 is 1.18 bits per heavy atom. The molecule has 0 aromatic heterocycles. The number of nitrogens with two attached hydrogens (primary N) is 1. The van der Waals surface area contributed by atoms with Crippen molar-refractivity contribution in [2.45, 2.75) is 18.9 Å².